The Kier molecular flexibility index (Phi) is 4.60. The van der Waals surface area contributed by atoms with Gasteiger partial charge in [0.25, 0.3) is 5.91 Å². The van der Waals surface area contributed by atoms with Crippen molar-refractivity contribution in [1.29, 1.82) is 0 Å². The number of methoxy groups -OCH3 is 2. The Morgan fingerprint density at radius 3 is 2.46 bits per heavy atom. The third-order valence-electron chi connectivity index (χ3n) is 4.03. The summed E-state index contributed by atoms with van der Waals surface area (Å²) in [6, 6.07) is 13.0. The molecule has 1 unspecified atom stereocenters. The standard InChI is InChI=1S/C19H21NO4/c1-13-11-20(12-14-6-4-5-7-18(14)24-13)19(21)15-8-16(22-2)10-17(9-15)23-3/h4-10,13H,11-12H2,1-3H3. The fraction of sp³-hybridized carbons (Fsp3) is 0.316. The maximum absolute atomic E-state index is 13.0. The number of carbonyl (C=O) groups is 1. The van der Waals surface area contributed by atoms with Gasteiger partial charge in [-0.15, -0.1) is 0 Å². The van der Waals surface area contributed by atoms with Crippen molar-refractivity contribution in [1.82, 2.24) is 4.90 Å². The van der Waals surface area contributed by atoms with Crippen molar-refractivity contribution >= 4 is 5.91 Å². The van der Waals surface area contributed by atoms with Crippen LogP contribution in [0.3, 0.4) is 0 Å². The number of carbonyl (C=O) groups excluding carboxylic acids is 1. The first-order valence-corrected chi connectivity index (χ1v) is 7.87. The Morgan fingerprint density at radius 2 is 1.79 bits per heavy atom. The number of amides is 1. The molecule has 126 valence electrons. The van der Waals surface area contributed by atoms with Gasteiger partial charge in [0.15, 0.2) is 0 Å². The summed E-state index contributed by atoms with van der Waals surface area (Å²) < 4.78 is 16.4. The van der Waals surface area contributed by atoms with E-state index in [0.717, 1.165) is 11.3 Å². The molecule has 0 aromatic heterocycles. The quantitative estimate of drug-likeness (QED) is 0.869. The van der Waals surface area contributed by atoms with Crippen LogP contribution in [0.5, 0.6) is 17.2 Å². The molecule has 2 aromatic carbocycles. The van der Waals surface area contributed by atoms with Crippen molar-refractivity contribution in [3.63, 3.8) is 0 Å². The summed E-state index contributed by atoms with van der Waals surface area (Å²) in [6.45, 7) is 3.00. The zero-order valence-corrected chi connectivity index (χ0v) is 14.1. The summed E-state index contributed by atoms with van der Waals surface area (Å²) in [5.74, 6) is 1.96. The Bertz CT molecular complexity index is 722. The first-order valence-electron chi connectivity index (χ1n) is 7.87. The van der Waals surface area contributed by atoms with E-state index in [1.807, 2.05) is 31.2 Å². The average Bonchev–Trinajstić information content (AvgIpc) is 2.78. The van der Waals surface area contributed by atoms with Crippen molar-refractivity contribution in [2.45, 2.75) is 19.6 Å². The van der Waals surface area contributed by atoms with Crippen molar-refractivity contribution < 1.29 is 19.0 Å². The van der Waals surface area contributed by atoms with Crippen LogP contribution in [0, 0.1) is 0 Å². The van der Waals surface area contributed by atoms with Gasteiger partial charge in [-0.1, -0.05) is 18.2 Å². The number of nitrogens with zero attached hydrogens (tertiary/aromatic N) is 1. The number of hydrogen-bond acceptors (Lipinski definition) is 4. The predicted octanol–water partition coefficient (Wildman–Crippen LogP) is 3.13. The number of benzene rings is 2. The molecule has 0 bridgehead atoms. The lowest BCUT2D eigenvalue weighted by Crippen LogP contribution is -2.36. The minimum absolute atomic E-state index is 0.0700. The highest BCUT2D eigenvalue weighted by molar-refractivity contribution is 5.95. The molecule has 0 saturated carbocycles. The highest BCUT2D eigenvalue weighted by Crippen LogP contribution is 2.28. The maximum atomic E-state index is 13.0. The molecule has 3 rings (SSSR count). The second-order valence-corrected chi connectivity index (χ2v) is 5.82. The molecule has 1 amide bonds. The zero-order valence-electron chi connectivity index (χ0n) is 14.1. The lowest BCUT2D eigenvalue weighted by Gasteiger charge is -2.22. The molecule has 0 saturated heterocycles. The molecule has 0 aliphatic carbocycles. The largest absolute Gasteiger partial charge is 0.497 e. The molecular formula is C19H21NO4. The van der Waals surface area contributed by atoms with Gasteiger partial charge in [-0.25, -0.2) is 0 Å². The molecule has 0 fully saturated rings. The number of hydrogen-bond donors (Lipinski definition) is 0. The predicted molar refractivity (Wildman–Crippen MR) is 90.8 cm³/mol. The molecule has 0 radical (unpaired) electrons. The summed E-state index contributed by atoms with van der Waals surface area (Å²) in [6.07, 6.45) is -0.0786. The summed E-state index contributed by atoms with van der Waals surface area (Å²) >= 11 is 0. The first kappa shape index (κ1) is 16.2. The van der Waals surface area contributed by atoms with Gasteiger partial charge in [0.2, 0.25) is 0 Å². The maximum Gasteiger partial charge on any atom is 0.254 e. The van der Waals surface area contributed by atoms with E-state index >= 15 is 0 Å². The lowest BCUT2D eigenvalue weighted by molar-refractivity contribution is 0.0690. The number of fused-ring (bicyclic) bond motifs is 1. The van der Waals surface area contributed by atoms with Crippen LogP contribution in [-0.4, -0.2) is 37.7 Å². The molecule has 5 nitrogen and oxygen atoms in total. The topological polar surface area (TPSA) is 48.0 Å². The Hall–Kier alpha value is -2.69. The Morgan fingerprint density at radius 1 is 1.12 bits per heavy atom. The van der Waals surface area contributed by atoms with Gasteiger partial charge in [-0.2, -0.15) is 0 Å². The normalized spacial score (nSPS) is 16.6. The molecule has 2 aromatic rings. The first-order chi connectivity index (χ1) is 11.6. The second-order valence-electron chi connectivity index (χ2n) is 5.82. The van der Waals surface area contributed by atoms with Crippen LogP contribution < -0.4 is 14.2 Å². The second kappa shape index (κ2) is 6.83. The van der Waals surface area contributed by atoms with Gasteiger partial charge in [0.1, 0.15) is 23.4 Å². The minimum atomic E-state index is -0.0786. The van der Waals surface area contributed by atoms with Crippen molar-refractivity contribution in [2.24, 2.45) is 0 Å². The van der Waals surface area contributed by atoms with Crippen LogP contribution >= 0.6 is 0 Å². The SMILES string of the molecule is COc1cc(OC)cc(C(=O)N2Cc3ccccc3OC(C)C2)c1. The molecule has 1 aliphatic heterocycles. The Balaban J connectivity index is 1.92. The third kappa shape index (κ3) is 3.30. The minimum Gasteiger partial charge on any atom is -0.497 e. The van der Waals surface area contributed by atoms with Crippen molar-refractivity contribution in [3.8, 4) is 17.2 Å². The van der Waals surface area contributed by atoms with E-state index in [1.165, 1.54) is 0 Å². The zero-order chi connectivity index (χ0) is 17.1. The fourth-order valence-electron chi connectivity index (χ4n) is 2.85. The number of rotatable bonds is 3. The summed E-state index contributed by atoms with van der Waals surface area (Å²) in [4.78, 5) is 14.8. The van der Waals surface area contributed by atoms with E-state index in [1.54, 1.807) is 37.3 Å². The van der Waals surface area contributed by atoms with Crippen LogP contribution in [-0.2, 0) is 6.54 Å². The van der Waals surface area contributed by atoms with Gasteiger partial charge < -0.3 is 19.1 Å². The number of ether oxygens (including phenoxy) is 3. The van der Waals surface area contributed by atoms with E-state index in [-0.39, 0.29) is 12.0 Å². The van der Waals surface area contributed by atoms with Crippen LogP contribution in [0.15, 0.2) is 42.5 Å². The highest BCUT2D eigenvalue weighted by Gasteiger charge is 2.25. The fourth-order valence-corrected chi connectivity index (χ4v) is 2.85. The smallest absolute Gasteiger partial charge is 0.254 e. The van der Waals surface area contributed by atoms with Crippen LogP contribution in [0.25, 0.3) is 0 Å². The van der Waals surface area contributed by atoms with Gasteiger partial charge in [-0.3, -0.25) is 4.79 Å². The highest BCUT2D eigenvalue weighted by atomic mass is 16.5. The van der Waals surface area contributed by atoms with E-state index in [9.17, 15) is 4.79 Å². The van der Waals surface area contributed by atoms with Gasteiger partial charge >= 0.3 is 0 Å². The molecule has 24 heavy (non-hydrogen) atoms. The monoisotopic (exact) mass is 327 g/mol. The van der Waals surface area contributed by atoms with Gasteiger partial charge in [0.05, 0.1) is 20.8 Å². The Labute approximate surface area is 141 Å². The third-order valence-corrected chi connectivity index (χ3v) is 4.03. The molecule has 0 N–H and O–H groups in total. The summed E-state index contributed by atoms with van der Waals surface area (Å²) in [5, 5.41) is 0. The molecule has 1 aliphatic rings. The van der Waals surface area contributed by atoms with E-state index < -0.39 is 0 Å². The molecule has 1 atom stereocenters. The molecule has 1 heterocycles. The van der Waals surface area contributed by atoms with Gasteiger partial charge in [-0.05, 0) is 25.1 Å². The van der Waals surface area contributed by atoms with E-state index in [4.69, 9.17) is 14.2 Å². The van der Waals surface area contributed by atoms with E-state index in [0.29, 0.717) is 30.2 Å². The average molecular weight is 327 g/mol. The number of para-hydroxylation sites is 1. The van der Waals surface area contributed by atoms with Crippen molar-refractivity contribution in [2.75, 3.05) is 20.8 Å². The molecular weight excluding hydrogens is 306 g/mol. The van der Waals surface area contributed by atoms with Crippen LogP contribution in [0.1, 0.15) is 22.8 Å². The lowest BCUT2D eigenvalue weighted by atomic mass is 10.1. The van der Waals surface area contributed by atoms with Crippen molar-refractivity contribution in [3.05, 3.63) is 53.6 Å². The summed E-state index contributed by atoms with van der Waals surface area (Å²) in [7, 11) is 3.14. The summed E-state index contributed by atoms with van der Waals surface area (Å²) in [5.41, 5.74) is 1.54. The van der Waals surface area contributed by atoms with E-state index in [2.05, 4.69) is 0 Å². The van der Waals surface area contributed by atoms with Crippen LogP contribution in [0.2, 0.25) is 0 Å². The van der Waals surface area contributed by atoms with Gasteiger partial charge in [0, 0.05) is 23.7 Å². The molecule has 0 spiro atoms. The molecule has 5 heteroatoms. The van der Waals surface area contributed by atoms with Crippen LogP contribution in [0.4, 0.5) is 0 Å².